The molecule has 1 fully saturated rings. The van der Waals surface area contributed by atoms with Crippen molar-refractivity contribution in [3.63, 3.8) is 0 Å². The summed E-state index contributed by atoms with van der Waals surface area (Å²) in [4.78, 5) is 34.3. The first kappa shape index (κ1) is 26.5. The smallest absolute Gasteiger partial charge is 0.337 e. The largest absolute Gasteiger partial charge is 0.486 e. The van der Waals surface area contributed by atoms with Crippen LogP contribution in [-0.4, -0.2) is 70.8 Å². The zero-order valence-corrected chi connectivity index (χ0v) is 23.1. The summed E-state index contributed by atoms with van der Waals surface area (Å²) < 4.78 is 27.0. The molecule has 1 saturated heterocycles. The molecule has 0 radical (unpaired) electrons. The number of halogens is 1. The summed E-state index contributed by atoms with van der Waals surface area (Å²) in [5.41, 5.74) is 2.50. The van der Waals surface area contributed by atoms with Crippen molar-refractivity contribution in [3.05, 3.63) is 102 Å². The Morgan fingerprint density at radius 1 is 0.814 bits per heavy atom. The molecule has 5 aromatic rings. The number of carboxylic acids is 1. The van der Waals surface area contributed by atoms with Crippen molar-refractivity contribution in [2.75, 3.05) is 44.3 Å². The summed E-state index contributed by atoms with van der Waals surface area (Å²) in [5.74, 6) is 0.133. The summed E-state index contributed by atoms with van der Waals surface area (Å²) in [6.07, 6.45) is 1.69. The van der Waals surface area contributed by atoms with E-state index in [1.54, 1.807) is 33.9 Å². The summed E-state index contributed by atoms with van der Waals surface area (Å²) in [5, 5.41) is 11.7. The van der Waals surface area contributed by atoms with E-state index >= 15 is 0 Å². The third kappa shape index (κ3) is 5.01. The first-order valence-corrected chi connectivity index (χ1v) is 14.0. The highest BCUT2D eigenvalue weighted by molar-refractivity contribution is 6.01. The first-order valence-electron chi connectivity index (χ1n) is 14.0. The van der Waals surface area contributed by atoms with Gasteiger partial charge >= 0.3 is 5.97 Å². The minimum absolute atomic E-state index is 0.237. The van der Waals surface area contributed by atoms with E-state index in [0.29, 0.717) is 68.0 Å². The van der Waals surface area contributed by atoms with Crippen molar-refractivity contribution < 1.29 is 28.6 Å². The third-order valence-electron chi connectivity index (χ3n) is 7.83. The van der Waals surface area contributed by atoms with Crippen LogP contribution in [-0.2, 0) is 0 Å². The Hall–Kier alpha value is -5.38. The molecule has 2 aliphatic rings. The second-order valence-electron chi connectivity index (χ2n) is 10.5. The number of amides is 1. The number of rotatable bonds is 5. The number of piperazine rings is 1. The van der Waals surface area contributed by atoms with Crippen molar-refractivity contribution in [1.29, 1.82) is 0 Å². The van der Waals surface area contributed by atoms with Crippen LogP contribution in [0.5, 0.6) is 11.5 Å². The minimum Gasteiger partial charge on any atom is -0.486 e. The van der Waals surface area contributed by atoms with Crippen LogP contribution in [0.2, 0.25) is 0 Å². The van der Waals surface area contributed by atoms with Gasteiger partial charge in [-0.05, 0) is 59.3 Å². The topological polar surface area (TPSA) is 97.1 Å². The Labute approximate surface area is 246 Å². The van der Waals surface area contributed by atoms with Gasteiger partial charge < -0.3 is 24.4 Å². The highest BCUT2D eigenvalue weighted by Gasteiger charge is 2.28. The molecule has 7 rings (SSSR count). The second-order valence-corrected chi connectivity index (χ2v) is 10.5. The number of aromatic nitrogens is 2. The van der Waals surface area contributed by atoms with Crippen LogP contribution in [0.25, 0.3) is 27.8 Å². The lowest BCUT2D eigenvalue weighted by Crippen LogP contribution is -2.49. The Bertz CT molecular complexity index is 1860. The van der Waals surface area contributed by atoms with Gasteiger partial charge in [0.25, 0.3) is 5.91 Å². The lowest BCUT2D eigenvalue weighted by atomic mass is 10.0. The molecular formula is C33H27FN4O5. The molecule has 0 saturated carbocycles. The van der Waals surface area contributed by atoms with Crippen molar-refractivity contribution in [3.8, 4) is 28.6 Å². The number of aromatic carboxylic acids is 1. The maximum Gasteiger partial charge on any atom is 0.337 e. The SMILES string of the molecule is O=C(O)c1cc2ccccc2cc1N1CCN(C(=O)c2cn(-c3ccc4c(c3)OCCO4)c(-c3ccc(F)cc3)n2)CC1. The van der Waals surface area contributed by atoms with Gasteiger partial charge in [0.15, 0.2) is 11.5 Å². The van der Waals surface area contributed by atoms with Crippen LogP contribution < -0.4 is 14.4 Å². The standard InChI is InChI=1S/C33H27FN4O5/c34-24-7-5-21(6-8-24)31-35-27(20-38(31)25-9-10-29-30(19-25)43-16-15-42-29)32(39)37-13-11-36(12-14-37)28-18-23-4-2-1-3-22(23)17-26(28)33(40)41/h1-10,17-20H,11-16H2,(H,40,41). The van der Waals surface area contributed by atoms with Crippen LogP contribution in [0, 0.1) is 5.82 Å². The average Bonchev–Trinajstić information content (AvgIpc) is 3.49. The third-order valence-corrected chi connectivity index (χ3v) is 7.83. The van der Waals surface area contributed by atoms with Crippen LogP contribution in [0.3, 0.4) is 0 Å². The summed E-state index contributed by atoms with van der Waals surface area (Å²) >= 11 is 0. The monoisotopic (exact) mass is 578 g/mol. The number of anilines is 1. The average molecular weight is 579 g/mol. The van der Waals surface area contributed by atoms with Gasteiger partial charge in [-0.2, -0.15) is 0 Å². The zero-order valence-electron chi connectivity index (χ0n) is 23.1. The van der Waals surface area contributed by atoms with Crippen LogP contribution in [0.1, 0.15) is 20.8 Å². The van der Waals surface area contributed by atoms with E-state index in [1.807, 2.05) is 53.4 Å². The lowest BCUT2D eigenvalue weighted by molar-refractivity contribution is 0.0692. The molecule has 10 heteroatoms. The molecule has 2 aliphatic heterocycles. The van der Waals surface area contributed by atoms with E-state index in [1.165, 1.54) is 12.1 Å². The summed E-state index contributed by atoms with van der Waals surface area (Å²) in [6.45, 7) is 2.65. The number of carbonyl (C=O) groups is 2. The molecule has 0 bridgehead atoms. The van der Waals surface area contributed by atoms with Gasteiger partial charge in [-0.1, -0.05) is 24.3 Å². The van der Waals surface area contributed by atoms with Gasteiger partial charge in [0, 0.05) is 44.0 Å². The van der Waals surface area contributed by atoms with Crippen LogP contribution >= 0.6 is 0 Å². The number of hydrogen-bond acceptors (Lipinski definition) is 6. The highest BCUT2D eigenvalue weighted by Crippen LogP contribution is 2.34. The Kier molecular flexibility index (Phi) is 6.65. The summed E-state index contributed by atoms with van der Waals surface area (Å²) in [7, 11) is 0. The Morgan fingerprint density at radius 3 is 2.23 bits per heavy atom. The number of benzene rings is 4. The van der Waals surface area contributed by atoms with Gasteiger partial charge in [-0.15, -0.1) is 0 Å². The lowest BCUT2D eigenvalue weighted by Gasteiger charge is -2.36. The van der Waals surface area contributed by atoms with Gasteiger partial charge in [0.05, 0.1) is 16.9 Å². The molecule has 9 nitrogen and oxygen atoms in total. The fourth-order valence-corrected chi connectivity index (χ4v) is 5.64. The number of hydrogen-bond donors (Lipinski definition) is 1. The first-order chi connectivity index (χ1) is 20.9. The molecule has 0 spiro atoms. The highest BCUT2D eigenvalue weighted by atomic mass is 19.1. The maximum atomic E-state index is 13.7. The number of carbonyl (C=O) groups excluding carboxylic acids is 1. The molecule has 0 unspecified atom stereocenters. The van der Waals surface area contributed by atoms with Gasteiger partial charge in [-0.25, -0.2) is 14.2 Å². The van der Waals surface area contributed by atoms with E-state index in [-0.39, 0.29) is 23.0 Å². The van der Waals surface area contributed by atoms with Crippen molar-refractivity contribution in [2.45, 2.75) is 0 Å². The van der Waals surface area contributed by atoms with Crippen molar-refractivity contribution in [1.82, 2.24) is 14.5 Å². The molecule has 216 valence electrons. The van der Waals surface area contributed by atoms with E-state index in [2.05, 4.69) is 0 Å². The molecule has 0 aliphatic carbocycles. The van der Waals surface area contributed by atoms with E-state index < -0.39 is 5.97 Å². The minimum atomic E-state index is -0.989. The number of fused-ring (bicyclic) bond motifs is 2. The molecule has 1 N–H and O–H groups in total. The molecule has 0 atom stereocenters. The van der Waals surface area contributed by atoms with Crippen LogP contribution in [0.4, 0.5) is 10.1 Å². The number of carboxylic acid groups (broad SMARTS) is 1. The molecule has 4 aromatic carbocycles. The van der Waals surface area contributed by atoms with E-state index in [9.17, 15) is 19.1 Å². The molecule has 43 heavy (non-hydrogen) atoms. The number of nitrogens with zero attached hydrogens (tertiary/aromatic N) is 4. The van der Waals surface area contributed by atoms with Gasteiger partial charge in [0.2, 0.25) is 0 Å². The quantitative estimate of drug-likeness (QED) is 0.304. The summed E-state index contributed by atoms with van der Waals surface area (Å²) in [6, 6.07) is 22.7. The maximum absolute atomic E-state index is 13.7. The van der Waals surface area contributed by atoms with Crippen molar-refractivity contribution in [2.24, 2.45) is 0 Å². The van der Waals surface area contributed by atoms with E-state index in [4.69, 9.17) is 14.5 Å². The fourth-order valence-electron chi connectivity index (χ4n) is 5.64. The van der Waals surface area contributed by atoms with Crippen molar-refractivity contribution >= 4 is 28.3 Å². The number of ether oxygens (including phenoxy) is 2. The predicted octanol–water partition coefficient (Wildman–Crippen LogP) is 5.26. The van der Waals surface area contributed by atoms with E-state index in [0.717, 1.165) is 16.5 Å². The molecule has 1 aromatic heterocycles. The number of imidazole rings is 1. The zero-order chi connectivity index (χ0) is 29.5. The fraction of sp³-hybridized carbons (Fsp3) is 0.182. The Morgan fingerprint density at radius 2 is 1.51 bits per heavy atom. The Balaban J connectivity index is 1.17. The molecular weight excluding hydrogens is 551 g/mol. The normalized spacial score (nSPS) is 14.6. The van der Waals surface area contributed by atoms with Gasteiger partial charge in [0.1, 0.15) is 30.5 Å². The van der Waals surface area contributed by atoms with Gasteiger partial charge in [-0.3, -0.25) is 9.36 Å². The second kappa shape index (κ2) is 10.8. The predicted molar refractivity (Wildman–Crippen MR) is 159 cm³/mol. The molecule has 1 amide bonds. The molecule has 3 heterocycles. The van der Waals surface area contributed by atoms with Crippen LogP contribution in [0.15, 0.2) is 85.1 Å².